The third kappa shape index (κ3) is 7.06. The van der Waals surface area contributed by atoms with Crippen molar-refractivity contribution in [2.45, 2.75) is 6.42 Å². The fourth-order valence-electron chi connectivity index (χ4n) is 2.19. The Labute approximate surface area is 160 Å². The molecular weight excluding hydrogens is 398 g/mol. The molecule has 3 amide bonds. The maximum atomic E-state index is 11.9. The van der Waals surface area contributed by atoms with Crippen molar-refractivity contribution in [2.24, 2.45) is 0 Å². The maximum absolute atomic E-state index is 11.9. The number of rotatable bonds is 8. The molecule has 0 aliphatic carbocycles. The highest BCUT2D eigenvalue weighted by atomic mass is 79.9. The average molecular weight is 418 g/mol. The minimum absolute atomic E-state index is 0.125. The van der Waals surface area contributed by atoms with Gasteiger partial charge in [0, 0.05) is 16.6 Å². The van der Waals surface area contributed by atoms with Crippen molar-refractivity contribution in [3.63, 3.8) is 0 Å². The lowest BCUT2D eigenvalue weighted by Gasteiger charge is -2.08. The van der Waals surface area contributed by atoms with Crippen LogP contribution in [-0.4, -0.2) is 37.4 Å². The summed E-state index contributed by atoms with van der Waals surface area (Å²) in [6, 6.07) is 16.7. The standard InChI is InChI=1S/C19H20BrN3O3/c20-16-8-4-7-15(11-16)19(26)23-13-18(25)22-12-17(24)21-10-9-14-5-2-1-3-6-14/h1-8,11H,9-10,12-13H2,(H,21,24)(H,22,25)(H,23,26). The molecule has 0 saturated heterocycles. The van der Waals surface area contributed by atoms with E-state index in [-0.39, 0.29) is 24.9 Å². The van der Waals surface area contributed by atoms with Crippen molar-refractivity contribution in [3.05, 3.63) is 70.2 Å². The van der Waals surface area contributed by atoms with Crippen molar-refractivity contribution in [1.82, 2.24) is 16.0 Å². The van der Waals surface area contributed by atoms with Crippen molar-refractivity contribution < 1.29 is 14.4 Å². The van der Waals surface area contributed by atoms with Crippen LogP contribution in [-0.2, 0) is 16.0 Å². The number of carbonyl (C=O) groups excluding carboxylic acids is 3. The number of hydrogen-bond donors (Lipinski definition) is 3. The molecule has 7 heteroatoms. The average Bonchev–Trinajstić information content (AvgIpc) is 2.65. The highest BCUT2D eigenvalue weighted by Crippen LogP contribution is 2.11. The Hall–Kier alpha value is -2.67. The lowest BCUT2D eigenvalue weighted by Crippen LogP contribution is -2.42. The van der Waals surface area contributed by atoms with Gasteiger partial charge >= 0.3 is 0 Å². The lowest BCUT2D eigenvalue weighted by atomic mass is 10.1. The highest BCUT2D eigenvalue weighted by Gasteiger charge is 2.09. The van der Waals surface area contributed by atoms with E-state index in [9.17, 15) is 14.4 Å². The van der Waals surface area contributed by atoms with Crippen LogP contribution in [0.5, 0.6) is 0 Å². The molecular formula is C19H20BrN3O3. The third-order valence-electron chi connectivity index (χ3n) is 3.52. The van der Waals surface area contributed by atoms with E-state index in [4.69, 9.17) is 0 Å². The van der Waals surface area contributed by atoms with E-state index in [1.54, 1.807) is 24.3 Å². The fraction of sp³-hybridized carbons (Fsp3) is 0.211. The summed E-state index contributed by atoms with van der Waals surface area (Å²) in [4.78, 5) is 35.4. The Balaban J connectivity index is 1.62. The lowest BCUT2D eigenvalue weighted by molar-refractivity contribution is -0.125. The summed E-state index contributed by atoms with van der Waals surface area (Å²) in [5.74, 6) is -1.05. The third-order valence-corrected chi connectivity index (χ3v) is 4.01. The fourth-order valence-corrected chi connectivity index (χ4v) is 2.59. The summed E-state index contributed by atoms with van der Waals surface area (Å²) in [7, 11) is 0. The SMILES string of the molecule is O=C(CNC(=O)CNC(=O)c1cccc(Br)c1)NCCc1ccccc1. The Morgan fingerprint density at radius 1 is 0.808 bits per heavy atom. The number of benzene rings is 2. The molecule has 2 aromatic carbocycles. The largest absolute Gasteiger partial charge is 0.354 e. The summed E-state index contributed by atoms with van der Waals surface area (Å²) in [6.45, 7) is 0.182. The second kappa shape index (κ2) is 10.4. The van der Waals surface area contributed by atoms with Gasteiger partial charge in [0.1, 0.15) is 0 Å². The van der Waals surface area contributed by atoms with Crippen molar-refractivity contribution in [3.8, 4) is 0 Å². The molecule has 26 heavy (non-hydrogen) atoms. The predicted octanol–water partition coefficient (Wildman–Crippen LogP) is 1.65. The van der Waals surface area contributed by atoms with E-state index in [0.29, 0.717) is 12.1 Å². The Kier molecular flexibility index (Phi) is 7.82. The normalized spacial score (nSPS) is 10.0. The molecule has 2 rings (SSSR count). The molecule has 0 aromatic heterocycles. The quantitative estimate of drug-likeness (QED) is 0.610. The van der Waals surface area contributed by atoms with Gasteiger partial charge in [0.05, 0.1) is 13.1 Å². The van der Waals surface area contributed by atoms with Gasteiger partial charge in [-0.05, 0) is 30.2 Å². The molecule has 0 atom stereocenters. The molecule has 0 unspecified atom stereocenters. The molecule has 2 aromatic rings. The van der Waals surface area contributed by atoms with Gasteiger partial charge in [0.15, 0.2) is 0 Å². The van der Waals surface area contributed by atoms with Crippen LogP contribution in [0, 0.1) is 0 Å². The molecule has 0 saturated carbocycles. The van der Waals surface area contributed by atoms with Crippen LogP contribution in [0.3, 0.4) is 0 Å². The molecule has 0 aliphatic heterocycles. The molecule has 0 radical (unpaired) electrons. The van der Waals surface area contributed by atoms with Gasteiger partial charge < -0.3 is 16.0 Å². The number of carbonyl (C=O) groups is 3. The first kappa shape index (κ1) is 19.7. The van der Waals surface area contributed by atoms with Gasteiger partial charge in [-0.25, -0.2) is 0 Å². The molecule has 0 spiro atoms. The van der Waals surface area contributed by atoms with E-state index in [1.165, 1.54) is 0 Å². The van der Waals surface area contributed by atoms with Gasteiger partial charge in [-0.3, -0.25) is 14.4 Å². The van der Waals surface area contributed by atoms with Gasteiger partial charge in [0.2, 0.25) is 11.8 Å². The predicted molar refractivity (Wildman–Crippen MR) is 103 cm³/mol. The van der Waals surface area contributed by atoms with Crippen LogP contribution >= 0.6 is 15.9 Å². The van der Waals surface area contributed by atoms with Gasteiger partial charge in [-0.2, -0.15) is 0 Å². The Bertz CT molecular complexity index is 766. The zero-order chi connectivity index (χ0) is 18.8. The summed E-state index contributed by atoms with van der Waals surface area (Å²) in [5, 5.41) is 7.72. The van der Waals surface area contributed by atoms with Crippen LogP contribution in [0.4, 0.5) is 0 Å². The van der Waals surface area contributed by atoms with Crippen LogP contribution < -0.4 is 16.0 Å². The molecule has 6 nitrogen and oxygen atoms in total. The van der Waals surface area contributed by atoms with E-state index < -0.39 is 5.91 Å². The molecule has 0 aliphatic rings. The first-order chi connectivity index (χ1) is 12.5. The van der Waals surface area contributed by atoms with Crippen molar-refractivity contribution >= 4 is 33.7 Å². The second-order valence-corrected chi connectivity index (χ2v) is 6.47. The topological polar surface area (TPSA) is 87.3 Å². The van der Waals surface area contributed by atoms with Crippen LogP contribution in [0.15, 0.2) is 59.1 Å². The summed E-state index contributed by atoms with van der Waals surface area (Å²) in [6.07, 6.45) is 0.725. The smallest absolute Gasteiger partial charge is 0.251 e. The number of hydrogen-bond acceptors (Lipinski definition) is 3. The number of amides is 3. The van der Waals surface area contributed by atoms with Crippen molar-refractivity contribution in [2.75, 3.05) is 19.6 Å². The summed E-state index contributed by atoms with van der Waals surface area (Å²) < 4.78 is 0.779. The maximum Gasteiger partial charge on any atom is 0.251 e. The van der Waals surface area contributed by atoms with E-state index in [1.807, 2.05) is 30.3 Å². The summed E-state index contributed by atoms with van der Waals surface area (Å²) in [5.41, 5.74) is 1.58. The van der Waals surface area contributed by atoms with E-state index in [0.717, 1.165) is 16.5 Å². The first-order valence-corrected chi connectivity index (χ1v) is 8.95. The van der Waals surface area contributed by atoms with Crippen LogP contribution in [0.1, 0.15) is 15.9 Å². The second-order valence-electron chi connectivity index (χ2n) is 5.56. The Morgan fingerprint density at radius 2 is 1.50 bits per heavy atom. The molecule has 0 fully saturated rings. The number of halogens is 1. The molecule has 3 N–H and O–H groups in total. The van der Waals surface area contributed by atoms with E-state index in [2.05, 4.69) is 31.9 Å². The zero-order valence-electron chi connectivity index (χ0n) is 14.1. The minimum Gasteiger partial charge on any atom is -0.354 e. The van der Waals surface area contributed by atoms with Gasteiger partial charge in [-0.15, -0.1) is 0 Å². The highest BCUT2D eigenvalue weighted by molar-refractivity contribution is 9.10. The molecule has 0 heterocycles. The van der Waals surface area contributed by atoms with Gasteiger partial charge in [-0.1, -0.05) is 52.3 Å². The van der Waals surface area contributed by atoms with Crippen LogP contribution in [0.25, 0.3) is 0 Å². The number of nitrogens with one attached hydrogen (secondary N) is 3. The zero-order valence-corrected chi connectivity index (χ0v) is 15.7. The van der Waals surface area contributed by atoms with Gasteiger partial charge in [0.25, 0.3) is 5.91 Å². The first-order valence-electron chi connectivity index (χ1n) is 8.15. The van der Waals surface area contributed by atoms with E-state index >= 15 is 0 Å². The monoisotopic (exact) mass is 417 g/mol. The molecule has 0 bridgehead atoms. The summed E-state index contributed by atoms with van der Waals surface area (Å²) >= 11 is 3.28. The van der Waals surface area contributed by atoms with Crippen molar-refractivity contribution in [1.29, 1.82) is 0 Å². The molecule has 136 valence electrons. The van der Waals surface area contributed by atoms with Crippen LogP contribution in [0.2, 0.25) is 0 Å². The Morgan fingerprint density at radius 3 is 2.23 bits per heavy atom. The minimum atomic E-state index is -0.424.